The van der Waals surface area contributed by atoms with Crippen LogP contribution in [0.3, 0.4) is 0 Å². The maximum atomic E-state index is 12.1. The quantitative estimate of drug-likeness (QED) is 0.379. The fraction of sp³-hybridized carbons (Fsp3) is 0.0476. The maximum absolute atomic E-state index is 12.1. The van der Waals surface area contributed by atoms with Gasteiger partial charge in [-0.2, -0.15) is 0 Å². The Labute approximate surface area is 163 Å². The lowest BCUT2D eigenvalue weighted by atomic mass is 10.2. The average Bonchev–Trinajstić information content (AvgIpc) is 3.22. The largest absolute Gasteiger partial charge is 0.508 e. The molecule has 0 aliphatic carbocycles. The third kappa shape index (κ3) is 3.94. The summed E-state index contributed by atoms with van der Waals surface area (Å²) in [5.41, 5.74) is 1.12. The minimum atomic E-state index is -0.423. The summed E-state index contributed by atoms with van der Waals surface area (Å²) in [5, 5.41) is 13.0. The van der Waals surface area contributed by atoms with Gasteiger partial charge < -0.3 is 19.3 Å². The van der Waals surface area contributed by atoms with Crippen LogP contribution in [0.15, 0.2) is 85.5 Å². The van der Waals surface area contributed by atoms with Gasteiger partial charge in [0.25, 0.3) is 5.91 Å². The van der Waals surface area contributed by atoms with E-state index in [9.17, 15) is 14.7 Å². The van der Waals surface area contributed by atoms with Crippen LogP contribution in [0.25, 0.3) is 11.0 Å². The van der Waals surface area contributed by atoms with E-state index in [2.05, 4.69) is 5.32 Å². The lowest BCUT2D eigenvalue weighted by Gasteiger charge is -2.06. The lowest BCUT2D eigenvalue weighted by molar-refractivity contribution is 0.0996. The molecule has 28 heavy (non-hydrogen) atoms. The van der Waals surface area contributed by atoms with E-state index in [1.54, 1.807) is 42.5 Å². The first-order chi connectivity index (χ1) is 13.6. The highest BCUT2D eigenvalue weighted by molar-refractivity contribution is 7.98. The number of hydrogen-bond acceptors (Lipinski definition) is 6. The topological polar surface area (TPSA) is 92.7 Å². The Morgan fingerprint density at radius 2 is 1.89 bits per heavy atom. The van der Waals surface area contributed by atoms with Crippen molar-refractivity contribution >= 4 is 34.3 Å². The van der Waals surface area contributed by atoms with E-state index in [0.717, 1.165) is 10.3 Å². The molecule has 0 spiro atoms. The van der Waals surface area contributed by atoms with Crippen LogP contribution in [-0.4, -0.2) is 11.0 Å². The summed E-state index contributed by atoms with van der Waals surface area (Å²) in [6, 6.07) is 17.0. The Hall–Kier alpha value is -3.45. The SMILES string of the molecule is O=C(Nc1ccc(SCc2cc3ccc(O)cc3oc2=O)cc1)c1ccco1. The highest BCUT2D eigenvalue weighted by Gasteiger charge is 2.09. The number of carbonyl (C=O) groups excluding carboxylic acids is 1. The Morgan fingerprint density at radius 1 is 1.07 bits per heavy atom. The number of phenols is 1. The van der Waals surface area contributed by atoms with Crippen LogP contribution in [0.4, 0.5) is 5.69 Å². The van der Waals surface area contributed by atoms with E-state index in [1.165, 1.54) is 24.1 Å². The van der Waals surface area contributed by atoms with E-state index in [4.69, 9.17) is 8.83 Å². The normalized spacial score (nSPS) is 10.9. The first-order valence-electron chi connectivity index (χ1n) is 8.42. The number of nitrogens with one attached hydrogen (secondary N) is 1. The van der Waals surface area contributed by atoms with E-state index in [-0.39, 0.29) is 17.4 Å². The zero-order chi connectivity index (χ0) is 19.5. The van der Waals surface area contributed by atoms with Crippen molar-refractivity contribution in [2.24, 2.45) is 0 Å². The highest BCUT2D eigenvalue weighted by Crippen LogP contribution is 2.25. The van der Waals surface area contributed by atoms with Gasteiger partial charge in [0.1, 0.15) is 11.3 Å². The molecule has 2 aromatic heterocycles. The second kappa shape index (κ2) is 7.66. The summed E-state index contributed by atoms with van der Waals surface area (Å²) < 4.78 is 10.3. The first-order valence-corrected chi connectivity index (χ1v) is 9.40. The molecule has 0 aliphatic rings. The van der Waals surface area contributed by atoms with Crippen molar-refractivity contribution in [3.05, 3.63) is 88.7 Å². The first kappa shape index (κ1) is 17.9. The van der Waals surface area contributed by atoms with Crippen LogP contribution in [0.2, 0.25) is 0 Å². The second-order valence-electron chi connectivity index (χ2n) is 6.03. The Bertz CT molecular complexity index is 1180. The summed E-state index contributed by atoms with van der Waals surface area (Å²) in [6.45, 7) is 0. The third-order valence-electron chi connectivity index (χ3n) is 4.04. The van der Waals surface area contributed by atoms with Crippen molar-refractivity contribution in [3.8, 4) is 5.75 Å². The summed E-state index contributed by atoms with van der Waals surface area (Å²) in [4.78, 5) is 25.0. The average molecular weight is 393 g/mol. The zero-order valence-electron chi connectivity index (χ0n) is 14.5. The maximum Gasteiger partial charge on any atom is 0.340 e. The van der Waals surface area contributed by atoms with E-state index in [0.29, 0.717) is 22.6 Å². The molecule has 0 atom stereocenters. The summed E-state index contributed by atoms with van der Waals surface area (Å²) >= 11 is 1.48. The molecule has 2 heterocycles. The van der Waals surface area contributed by atoms with Crippen molar-refractivity contribution in [2.45, 2.75) is 10.6 Å². The van der Waals surface area contributed by atoms with Crippen LogP contribution in [0, 0.1) is 0 Å². The number of thioether (sulfide) groups is 1. The van der Waals surface area contributed by atoms with Gasteiger partial charge in [0.2, 0.25) is 0 Å². The molecule has 7 heteroatoms. The van der Waals surface area contributed by atoms with Crippen LogP contribution in [0.5, 0.6) is 5.75 Å². The number of furan rings is 1. The number of aromatic hydroxyl groups is 1. The zero-order valence-corrected chi connectivity index (χ0v) is 15.4. The molecule has 0 unspecified atom stereocenters. The number of carbonyl (C=O) groups is 1. The van der Waals surface area contributed by atoms with E-state index < -0.39 is 5.63 Å². The molecule has 2 aromatic carbocycles. The number of rotatable bonds is 5. The van der Waals surface area contributed by atoms with Gasteiger partial charge in [-0.1, -0.05) is 0 Å². The number of hydrogen-bond donors (Lipinski definition) is 2. The summed E-state index contributed by atoms with van der Waals surface area (Å²) in [5.74, 6) is 0.425. The molecular formula is C21H15NO5S. The highest BCUT2D eigenvalue weighted by atomic mass is 32.2. The van der Waals surface area contributed by atoms with E-state index in [1.807, 2.05) is 12.1 Å². The Morgan fingerprint density at radius 3 is 2.64 bits per heavy atom. The summed E-state index contributed by atoms with van der Waals surface area (Å²) in [6.07, 6.45) is 1.45. The van der Waals surface area contributed by atoms with Crippen LogP contribution >= 0.6 is 11.8 Å². The molecule has 0 radical (unpaired) electrons. The minimum absolute atomic E-state index is 0.0528. The fourth-order valence-electron chi connectivity index (χ4n) is 2.64. The van der Waals surface area contributed by atoms with Gasteiger partial charge >= 0.3 is 5.63 Å². The molecule has 6 nitrogen and oxygen atoms in total. The minimum Gasteiger partial charge on any atom is -0.508 e. The van der Waals surface area contributed by atoms with Gasteiger partial charge in [-0.05, 0) is 54.6 Å². The van der Waals surface area contributed by atoms with Crippen LogP contribution in [0.1, 0.15) is 16.1 Å². The standard InChI is InChI=1S/C21H15NO5S/c23-16-6-3-13-10-14(21(25)27-19(13)11-16)12-28-17-7-4-15(5-8-17)22-20(24)18-2-1-9-26-18/h1-11,23H,12H2,(H,22,24). The molecule has 140 valence electrons. The molecule has 4 rings (SSSR count). The number of phenolic OH excluding ortho intramolecular Hbond substituents is 1. The van der Waals surface area contributed by atoms with Gasteiger partial charge in [0, 0.05) is 33.4 Å². The Balaban J connectivity index is 1.43. The molecule has 2 N–H and O–H groups in total. The molecule has 0 fully saturated rings. The molecule has 1 amide bonds. The van der Waals surface area contributed by atoms with Crippen molar-refractivity contribution in [1.29, 1.82) is 0 Å². The fourth-order valence-corrected chi connectivity index (χ4v) is 3.49. The van der Waals surface area contributed by atoms with Crippen molar-refractivity contribution in [2.75, 3.05) is 5.32 Å². The van der Waals surface area contributed by atoms with Crippen molar-refractivity contribution in [1.82, 2.24) is 0 Å². The molecule has 0 aliphatic heterocycles. The van der Waals surface area contributed by atoms with Gasteiger partial charge in [-0.3, -0.25) is 4.79 Å². The monoisotopic (exact) mass is 393 g/mol. The summed E-state index contributed by atoms with van der Waals surface area (Å²) in [7, 11) is 0. The molecule has 4 aromatic rings. The number of amides is 1. The van der Waals surface area contributed by atoms with Crippen molar-refractivity contribution < 1.29 is 18.7 Å². The number of anilines is 1. The molecule has 0 saturated carbocycles. The van der Waals surface area contributed by atoms with E-state index >= 15 is 0 Å². The molecule has 0 saturated heterocycles. The van der Waals surface area contributed by atoms with Crippen LogP contribution < -0.4 is 10.9 Å². The lowest BCUT2D eigenvalue weighted by Crippen LogP contribution is -2.10. The van der Waals surface area contributed by atoms with Gasteiger partial charge in [0.05, 0.1) is 6.26 Å². The van der Waals surface area contributed by atoms with Gasteiger partial charge in [-0.25, -0.2) is 4.79 Å². The van der Waals surface area contributed by atoms with Crippen LogP contribution in [-0.2, 0) is 5.75 Å². The number of fused-ring (bicyclic) bond motifs is 1. The van der Waals surface area contributed by atoms with Gasteiger partial charge in [-0.15, -0.1) is 11.8 Å². The molecular weight excluding hydrogens is 378 g/mol. The Kier molecular flexibility index (Phi) is 4.90. The third-order valence-corrected chi connectivity index (χ3v) is 5.10. The smallest absolute Gasteiger partial charge is 0.340 e. The van der Waals surface area contributed by atoms with Gasteiger partial charge in [0.15, 0.2) is 5.76 Å². The van der Waals surface area contributed by atoms with Crippen molar-refractivity contribution in [3.63, 3.8) is 0 Å². The predicted octanol–water partition coefficient (Wildman–Crippen LogP) is 4.64. The predicted molar refractivity (Wildman–Crippen MR) is 107 cm³/mol. The second-order valence-corrected chi connectivity index (χ2v) is 7.07. The molecule has 0 bridgehead atoms. The number of benzene rings is 2.